The maximum Gasteiger partial charge on any atom is 0.231 e. The van der Waals surface area contributed by atoms with Gasteiger partial charge in [-0.2, -0.15) is 0 Å². The van der Waals surface area contributed by atoms with Gasteiger partial charge < -0.3 is 19.9 Å². The Hall–Kier alpha value is -2.20. The first-order valence-corrected chi connectivity index (χ1v) is 8.12. The normalized spacial score (nSPS) is 13.8. The largest absolute Gasteiger partial charge is 0.493 e. The number of rotatable bonds is 7. The minimum atomic E-state index is 0.248. The fourth-order valence-corrected chi connectivity index (χ4v) is 2.84. The summed E-state index contributed by atoms with van der Waals surface area (Å²) >= 11 is 0. The van der Waals surface area contributed by atoms with E-state index in [-0.39, 0.29) is 5.92 Å². The molecule has 2 N–H and O–H groups in total. The van der Waals surface area contributed by atoms with E-state index in [0.29, 0.717) is 19.9 Å². The topological polar surface area (TPSA) is 53.7 Å². The summed E-state index contributed by atoms with van der Waals surface area (Å²) in [5.74, 6) is 2.82. The number of para-hydroxylation sites is 1. The molecule has 23 heavy (non-hydrogen) atoms. The second-order valence-corrected chi connectivity index (χ2v) is 5.64. The molecule has 0 fully saturated rings. The molecule has 2 aromatic rings. The SMILES string of the molecule is CCc1ccccc1OCCC(CN)c1ccc2c(c1)OCO2. The van der Waals surface area contributed by atoms with Crippen molar-refractivity contribution in [3.8, 4) is 17.2 Å². The van der Waals surface area contributed by atoms with Gasteiger partial charge in [-0.15, -0.1) is 0 Å². The van der Waals surface area contributed by atoms with E-state index in [1.807, 2.05) is 30.3 Å². The predicted molar refractivity (Wildman–Crippen MR) is 90.3 cm³/mol. The zero-order valence-corrected chi connectivity index (χ0v) is 13.5. The average Bonchev–Trinajstić information content (AvgIpc) is 3.06. The van der Waals surface area contributed by atoms with E-state index in [9.17, 15) is 0 Å². The zero-order chi connectivity index (χ0) is 16.1. The van der Waals surface area contributed by atoms with E-state index in [1.165, 1.54) is 11.1 Å². The fourth-order valence-electron chi connectivity index (χ4n) is 2.84. The number of ether oxygens (including phenoxy) is 3. The Morgan fingerprint density at radius 3 is 2.78 bits per heavy atom. The molecule has 0 radical (unpaired) electrons. The van der Waals surface area contributed by atoms with Gasteiger partial charge in [0.1, 0.15) is 5.75 Å². The van der Waals surface area contributed by atoms with Crippen LogP contribution < -0.4 is 19.9 Å². The lowest BCUT2D eigenvalue weighted by Crippen LogP contribution is -2.15. The number of fused-ring (bicyclic) bond motifs is 1. The van der Waals surface area contributed by atoms with Crippen LogP contribution in [0.25, 0.3) is 0 Å². The van der Waals surface area contributed by atoms with E-state index in [4.69, 9.17) is 19.9 Å². The van der Waals surface area contributed by atoms with Crippen LogP contribution in [0.2, 0.25) is 0 Å². The van der Waals surface area contributed by atoms with E-state index in [0.717, 1.165) is 30.1 Å². The molecule has 0 aliphatic carbocycles. The van der Waals surface area contributed by atoms with E-state index < -0.39 is 0 Å². The summed E-state index contributed by atoms with van der Waals surface area (Å²) in [7, 11) is 0. The zero-order valence-electron chi connectivity index (χ0n) is 13.5. The van der Waals surface area contributed by atoms with Crippen LogP contribution in [0, 0.1) is 0 Å². The molecule has 0 aromatic heterocycles. The molecule has 0 saturated carbocycles. The molecule has 0 saturated heterocycles. The predicted octanol–water partition coefficient (Wildman–Crippen LogP) is 3.49. The standard InChI is InChI=1S/C19H23NO3/c1-2-14-5-3-4-6-17(14)21-10-9-16(12-20)15-7-8-18-19(11-15)23-13-22-18/h3-8,11,16H,2,9-10,12-13,20H2,1H3. The molecule has 4 nitrogen and oxygen atoms in total. The van der Waals surface area contributed by atoms with Gasteiger partial charge >= 0.3 is 0 Å². The number of nitrogens with two attached hydrogens (primary N) is 1. The maximum absolute atomic E-state index is 5.96. The molecule has 1 aliphatic rings. The Bertz CT molecular complexity index is 657. The quantitative estimate of drug-likeness (QED) is 0.850. The summed E-state index contributed by atoms with van der Waals surface area (Å²) < 4.78 is 16.8. The van der Waals surface area contributed by atoms with Crippen LogP contribution in [0.3, 0.4) is 0 Å². The molecule has 0 bridgehead atoms. The molecule has 0 amide bonds. The summed E-state index contributed by atoms with van der Waals surface area (Å²) in [5, 5.41) is 0. The monoisotopic (exact) mass is 313 g/mol. The van der Waals surface area contributed by atoms with Gasteiger partial charge in [0.25, 0.3) is 0 Å². The van der Waals surface area contributed by atoms with Crippen molar-refractivity contribution < 1.29 is 14.2 Å². The summed E-state index contributed by atoms with van der Waals surface area (Å²) in [6.45, 7) is 3.66. The molecule has 4 heteroatoms. The lowest BCUT2D eigenvalue weighted by Gasteiger charge is -2.17. The number of hydrogen-bond acceptors (Lipinski definition) is 4. The Morgan fingerprint density at radius 2 is 1.96 bits per heavy atom. The second kappa shape index (κ2) is 7.38. The van der Waals surface area contributed by atoms with E-state index >= 15 is 0 Å². The van der Waals surface area contributed by atoms with Crippen LogP contribution in [0.15, 0.2) is 42.5 Å². The third kappa shape index (κ3) is 3.59. The van der Waals surface area contributed by atoms with Gasteiger partial charge in [-0.05, 0) is 54.6 Å². The van der Waals surface area contributed by atoms with Crippen molar-refractivity contribution in [1.29, 1.82) is 0 Å². The third-order valence-electron chi connectivity index (χ3n) is 4.23. The van der Waals surface area contributed by atoms with Crippen LogP contribution >= 0.6 is 0 Å². The van der Waals surface area contributed by atoms with E-state index in [2.05, 4.69) is 19.1 Å². The molecular formula is C19H23NO3. The molecule has 1 unspecified atom stereocenters. The van der Waals surface area contributed by atoms with Crippen molar-refractivity contribution in [2.45, 2.75) is 25.7 Å². The number of aryl methyl sites for hydroxylation is 1. The first-order valence-electron chi connectivity index (χ1n) is 8.12. The first kappa shape index (κ1) is 15.7. The van der Waals surface area contributed by atoms with Gasteiger partial charge in [-0.3, -0.25) is 0 Å². The molecular weight excluding hydrogens is 290 g/mol. The highest BCUT2D eigenvalue weighted by Crippen LogP contribution is 2.35. The molecule has 3 rings (SSSR count). The summed E-state index contributed by atoms with van der Waals surface area (Å²) in [5.41, 5.74) is 8.36. The van der Waals surface area contributed by atoms with Gasteiger partial charge in [-0.1, -0.05) is 31.2 Å². The van der Waals surface area contributed by atoms with Gasteiger partial charge in [0, 0.05) is 0 Å². The highest BCUT2D eigenvalue weighted by atomic mass is 16.7. The van der Waals surface area contributed by atoms with Crippen LogP contribution in [-0.4, -0.2) is 19.9 Å². The van der Waals surface area contributed by atoms with Crippen LogP contribution in [0.4, 0.5) is 0 Å². The summed E-state index contributed by atoms with van der Waals surface area (Å²) in [6, 6.07) is 14.2. The molecule has 122 valence electrons. The molecule has 2 aromatic carbocycles. The Balaban J connectivity index is 1.61. The first-order chi connectivity index (χ1) is 11.3. The van der Waals surface area contributed by atoms with Crippen LogP contribution in [0.5, 0.6) is 17.2 Å². The molecule has 0 spiro atoms. The van der Waals surface area contributed by atoms with Gasteiger partial charge in [0.15, 0.2) is 11.5 Å². The van der Waals surface area contributed by atoms with Crippen molar-refractivity contribution in [2.75, 3.05) is 19.9 Å². The highest BCUT2D eigenvalue weighted by molar-refractivity contribution is 5.45. The maximum atomic E-state index is 5.96. The van der Waals surface area contributed by atoms with Crippen molar-refractivity contribution in [2.24, 2.45) is 5.73 Å². The van der Waals surface area contributed by atoms with Crippen LogP contribution in [-0.2, 0) is 6.42 Å². The third-order valence-corrected chi connectivity index (χ3v) is 4.23. The number of benzene rings is 2. The Morgan fingerprint density at radius 1 is 1.13 bits per heavy atom. The average molecular weight is 313 g/mol. The molecule has 1 heterocycles. The molecule has 1 aliphatic heterocycles. The van der Waals surface area contributed by atoms with Gasteiger partial charge in [-0.25, -0.2) is 0 Å². The highest BCUT2D eigenvalue weighted by Gasteiger charge is 2.17. The summed E-state index contributed by atoms with van der Waals surface area (Å²) in [6.07, 6.45) is 1.84. The second-order valence-electron chi connectivity index (χ2n) is 5.64. The van der Waals surface area contributed by atoms with Crippen molar-refractivity contribution in [1.82, 2.24) is 0 Å². The van der Waals surface area contributed by atoms with Gasteiger partial charge in [0.05, 0.1) is 6.61 Å². The van der Waals surface area contributed by atoms with Crippen molar-refractivity contribution in [3.63, 3.8) is 0 Å². The van der Waals surface area contributed by atoms with Crippen molar-refractivity contribution >= 4 is 0 Å². The van der Waals surface area contributed by atoms with Crippen LogP contribution in [0.1, 0.15) is 30.4 Å². The van der Waals surface area contributed by atoms with E-state index in [1.54, 1.807) is 0 Å². The lowest BCUT2D eigenvalue weighted by molar-refractivity contribution is 0.174. The smallest absolute Gasteiger partial charge is 0.231 e. The molecule has 1 atom stereocenters. The Kier molecular flexibility index (Phi) is 5.03. The van der Waals surface area contributed by atoms with Crippen molar-refractivity contribution in [3.05, 3.63) is 53.6 Å². The number of hydrogen-bond donors (Lipinski definition) is 1. The minimum Gasteiger partial charge on any atom is -0.493 e. The fraction of sp³-hybridized carbons (Fsp3) is 0.368. The Labute approximate surface area is 137 Å². The lowest BCUT2D eigenvalue weighted by atomic mass is 9.96. The summed E-state index contributed by atoms with van der Waals surface area (Å²) in [4.78, 5) is 0. The van der Waals surface area contributed by atoms with Gasteiger partial charge in [0.2, 0.25) is 6.79 Å². The minimum absolute atomic E-state index is 0.248.